The minimum Gasteiger partial charge on any atom is -0.378 e. The van der Waals surface area contributed by atoms with Crippen molar-refractivity contribution < 1.29 is 9.26 Å². The normalized spacial score (nSPS) is 19.8. The zero-order valence-electron chi connectivity index (χ0n) is 17.9. The largest absolute Gasteiger partial charge is 0.378 e. The van der Waals surface area contributed by atoms with Crippen LogP contribution in [0.1, 0.15) is 30.3 Å². The molecule has 3 aromatic heterocycles. The first-order valence-electron chi connectivity index (χ1n) is 11.3. The van der Waals surface area contributed by atoms with Gasteiger partial charge < -0.3 is 19.1 Å². The summed E-state index contributed by atoms with van der Waals surface area (Å²) < 4.78 is 11.1. The molecule has 2 saturated heterocycles. The highest BCUT2D eigenvalue weighted by Crippen LogP contribution is 2.34. The number of H-pyrrole nitrogens is 1. The van der Waals surface area contributed by atoms with Gasteiger partial charge in [0.2, 0.25) is 11.7 Å². The van der Waals surface area contributed by atoms with E-state index < -0.39 is 0 Å². The second-order valence-electron chi connectivity index (χ2n) is 8.45. The molecule has 8 heteroatoms. The van der Waals surface area contributed by atoms with E-state index in [1.54, 1.807) is 0 Å². The van der Waals surface area contributed by atoms with Crippen LogP contribution < -0.4 is 4.90 Å². The average molecular weight is 431 g/mol. The molecule has 1 N–H and O–H groups in total. The van der Waals surface area contributed by atoms with Crippen molar-refractivity contribution in [3.05, 3.63) is 60.2 Å². The highest BCUT2D eigenvalue weighted by molar-refractivity contribution is 5.83. The predicted octanol–water partition coefficient (Wildman–Crippen LogP) is 3.79. The van der Waals surface area contributed by atoms with Gasteiger partial charge in [0, 0.05) is 48.5 Å². The molecule has 0 amide bonds. The van der Waals surface area contributed by atoms with E-state index >= 15 is 0 Å². The lowest BCUT2D eigenvalue weighted by Gasteiger charge is -2.27. The first kappa shape index (κ1) is 19.5. The third-order valence-corrected chi connectivity index (χ3v) is 6.48. The fraction of sp³-hybridized carbons (Fsp3) is 0.375. The maximum Gasteiger partial charge on any atom is 0.244 e. The topological polar surface area (TPSA) is 83.3 Å². The number of likely N-dealkylation sites (tertiary alicyclic amines) is 1. The Bertz CT molecular complexity index is 1190. The van der Waals surface area contributed by atoms with Gasteiger partial charge in [-0.05, 0) is 43.1 Å². The van der Waals surface area contributed by atoms with Crippen LogP contribution in [0.5, 0.6) is 0 Å². The fourth-order valence-electron chi connectivity index (χ4n) is 4.76. The van der Waals surface area contributed by atoms with E-state index in [0.29, 0.717) is 11.7 Å². The molecule has 2 aliphatic rings. The van der Waals surface area contributed by atoms with Crippen LogP contribution in [0.25, 0.3) is 22.3 Å². The number of ether oxygens (including phenoxy) is 1. The van der Waals surface area contributed by atoms with Crippen LogP contribution in [0.2, 0.25) is 0 Å². The Kier molecular flexibility index (Phi) is 5.09. The summed E-state index contributed by atoms with van der Waals surface area (Å²) in [5, 5.41) is 5.54. The molecule has 0 bridgehead atoms. The second-order valence-corrected chi connectivity index (χ2v) is 8.45. The maximum absolute atomic E-state index is 5.72. The molecule has 5 heterocycles. The third-order valence-electron chi connectivity index (χ3n) is 6.48. The molecule has 0 spiro atoms. The number of benzene rings is 1. The molecular formula is C24H26N6O2. The highest BCUT2D eigenvalue weighted by Gasteiger charge is 2.31. The number of hydrogen-bond donors (Lipinski definition) is 1. The van der Waals surface area contributed by atoms with E-state index in [-0.39, 0.29) is 6.04 Å². The molecular weight excluding hydrogens is 404 g/mol. The Hall–Kier alpha value is -3.23. The Labute approximate surface area is 186 Å². The number of fused-ring (bicyclic) bond motifs is 1. The van der Waals surface area contributed by atoms with E-state index in [9.17, 15) is 0 Å². The first-order chi connectivity index (χ1) is 15.8. The van der Waals surface area contributed by atoms with Gasteiger partial charge in [-0.2, -0.15) is 4.98 Å². The predicted molar refractivity (Wildman–Crippen MR) is 121 cm³/mol. The molecule has 0 saturated carbocycles. The van der Waals surface area contributed by atoms with Crippen molar-refractivity contribution in [3.63, 3.8) is 0 Å². The molecule has 1 unspecified atom stereocenters. The molecule has 6 rings (SSSR count). The summed E-state index contributed by atoms with van der Waals surface area (Å²) in [4.78, 5) is 17.4. The van der Waals surface area contributed by atoms with E-state index in [2.05, 4.69) is 55.4 Å². The van der Waals surface area contributed by atoms with Crippen molar-refractivity contribution in [2.75, 3.05) is 37.7 Å². The Morgan fingerprint density at radius 3 is 2.84 bits per heavy atom. The number of nitrogens with one attached hydrogen (secondary N) is 1. The van der Waals surface area contributed by atoms with Crippen LogP contribution in [-0.4, -0.2) is 57.9 Å². The van der Waals surface area contributed by atoms with Gasteiger partial charge in [0.25, 0.3) is 0 Å². The van der Waals surface area contributed by atoms with Crippen molar-refractivity contribution in [1.29, 1.82) is 0 Å². The lowest BCUT2D eigenvalue weighted by Crippen LogP contribution is -2.36. The Morgan fingerprint density at radius 2 is 1.97 bits per heavy atom. The summed E-state index contributed by atoms with van der Waals surface area (Å²) in [6.07, 6.45) is 6.09. The molecule has 32 heavy (non-hydrogen) atoms. The van der Waals surface area contributed by atoms with E-state index in [1.807, 2.05) is 18.3 Å². The molecule has 2 aliphatic heterocycles. The summed E-state index contributed by atoms with van der Waals surface area (Å²) in [7, 11) is 0. The van der Waals surface area contributed by atoms with Crippen molar-refractivity contribution in [2.24, 2.45) is 0 Å². The minimum absolute atomic E-state index is 0.144. The van der Waals surface area contributed by atoms with Gasteiger partial charge in [0.15, 0.2) is 0 Å². The van der Waals surface area contributed by atoms with Crippen molar-refractivity contribution >= 4 is 16.7 Å². The standard InChI is InChI=1S/C24H26N6O2/c1-2-5-20-19(4-1)18(15-25-20)16-30-9-3-6-21(30)24-27-23(28-32-24)17-7-8-22(26-14-17)29-10-12-31-13-11-29/h1-2,4-5,7-8,14-15,21,25H,3,6,9-13,16H2. The highest BCUT2D eigenvalue weighted by atomic mass is 16.5. The van der Waals surface area contributed by atoms with Gasteiger partial charge in [-0.25, -0.2) is 4.98 Å². The molecule has 1 aromatic carbocycles. The van der Waals surface area contributed by atoms with Crippen molar-refractivity contribution in [1.82, 2.24) is 25.0 Å². The summed E-state index contributed by atoms with van der Waals surface area (Å²) >= 11 is 0. The summed E-state index contributed by atoms with van der Waals surface area (Å²) in [5.41, 5.74) is 3.35. The number of hydrogen-bond acceptors (Lipinski definition) is 7. The molecule has 0 radical (unpaired) electrons. The van der Waals surface area contributed by atoms with E-state index in [0.717, 1.165) is 63.6 Å². The van der Waals surface area contributed by atoms with Crippen LogP contribution >= 0.6 is 0 Å². The van der Waals surface area contributed by atoms with Gasteiger partial charge >= 0.3 is 0 Å². The number of morpholine rings is 1. The summed E-state index contributed by atoms with van der Waals surface area (Å²) in [6.45, 7) is 5.11. The number of para-hydroxylation sites is 1. The molecule has 0 aliphatic carbocycles. The van der Waals surface area contributed by atoms with Gasteiger partial charge in [-0.15, -0.1) is 0 Å². The lowest BCUT2D eigenvalue weighted by atomic mass is 10.1. The summed E-state index contributed by atoms with van der Waals surface area (Å²) in [5.74, 6) is 2.25. The van der Waals surface area contributed by atoms with Crippen LogP contribution in [0.15, 0.2) is 53.3 Å². The number of aromatic amines is 1. The average Bonchev–Trinajstić information content (AvgIpc) is 3.60. The van der Waals surface area contributed by atoms with Crippen LogP contribution in [0, 0.1) is 0 Å². The van der Waals surface area contributed by atoms with Crippen molar-refractivity contribution in [3.8, 4) is 11.4 Å². The lowest BCUT2D eigenvalue weighted by molar-refractivity contribution is 0.122. The number of aromatic nitrogens is 4. The summed E-state index contributed by atoms with van der Waals surface area (Å²) in [6, 6.07) is 12.6. The Balaban J connectivity index is 1.19. The second kappa shape index (κ2) is 8.37. The van der Waals surface area contributed by atoms with E-state index in [1.165, 1.54) is 16.5 Å². The van der Waals surface area contributed by atoms with Crippen LogP contribution in [0.3, 0.4) is 0 Å². The molecule has 1 atom stereocenters. The van der Waals surface area contributed by atoms with Gasteiger partial charge in [0.05, 0.1) is 19.3 Å². The first-order valence-corrected chi connectivity index (χ1v) is 11.3. The SMILES string of the molecule is c1ccc2c(CN3CCCC3c3nc(-c4ccc(N5CCOCC5)nc4)no3)c[nH]c2c1. The molecule has 2 fully saturated rings. The molecule has 8 nitrogen and oxygen atoms in total. The van der Waals surface area contributed by atoms with Crippen molar-refractivity contribution in [2.45, 2.75) is 25.4 Å². The zero-order valence-corrected chi connectivity index (χ0v) is 17.9. The van der Waals surface area contributed by atoms with Crippen LogP contribution in [0.4, 0.5) is 5.82 Å². The van der Waals surface area contributed by atoms with Gasteiger partial charge in [0.1, 0.15) is 5.82 Å². The third kappa shape index (κ3) is 3.65. The zero-order chi connectivity index (χ0) is 21.3. The monoisotopic (exact) mass is 430 g/mol. The molecule has 4 aromatic rings. The smallest absolute Gasteiger partial charge is 0.244 e. The number of rotatable bonds is 5. The maximum atomic E-state index is 5.72. The number of anilines is 1. The number of nitrogens with zero attached hydrogens (tertiary/aromatic N) is 5. The van der Waals surface area contributed by atoms with Gasteiger partial charge in [-0.1, -0.05) is 23.4 Å². The quantitative estimate of drug-likeness (QED) is 0.516. The molecule has 164 valence electrons. The fourth-order valence-corrected chi connectivity index (χ4v) is 4.76. The van der Waals surface area contributed by atoms with Crippen LogP contribution in [-0.2, 0) is 11.3 Å². The van der Waals surface area contributed by atoms with Gasteiger partial charge in [-0.3, -0.25) is 4.90 Å². The number of pyridine rings is 1. The minimum atomic E-state index is 0.144. The van der Waals surface area contributed by atoms with E-state index in [4.69, 9.17) is 14.2 Å². The Morgan fingerprint density at radius 1 is 1.06 bits per heavy atom.